The Balaban J connectivity index is 1.87. The number of benzene rings is 2. The predicted octanol–water partition coefficient (Wildman–Crippen LogP) is 3.31. The maximum absolute atomic E-state index is 13.0. The van der Waals surface area contributed by atoms with Gasteiger partial charge in [-0.2, -0.15) is 0 Å². The Labute approximate surface area is 131 Å². The smallest absolute Gasteiger partial charge is 0.262 e. The summed E-state index contributed by atoms with van der Waals surface area (Å²) in [6, 6.07) is 17.1. The van der Waals surface area contributed by atoms with Crippen molar-refractivity contribution in [2.45, 2.75) is 6.17 Å². The van der Waals surface area contributed by atoms with Crippen molar-refractivity contribution >= 4 is 28.8 Å². The van der Waals surface area contributed by atoms with E-state index in [9.17, 15) is 4.79 Å². The lowest BCUT2D eigenvalue weighted by Gasteiger charge is -2.36. The first-order valence-electron chi connectivity index (χ1n) is 6.86. The highest BCUT2D eigenvalue weighted by Gasteiger charge is 2.35. The van der Waals surface area contributed by atoms with Gasteiger partial charge in [0.15, 0.2) is 6.17 Å². The van der Waals surface area contributed by atoms with Crippen molar-refractivity contribution in [1.29, 1.82) is 0 Å². The van der Waals surface area contributed by atoms with Gasteiger partial charge in [0.25, 0.3) is 5.91 Å². The van der Waals surface area contributed by atoms with E-state index in [0.717, 1.165) is 17.1 Å². The number of hydrogen-bond acceptors (Lipinski definition) is 5. The number of anilines is 2. The van der Waals surface area contributed by atoms with Gasteiger partial charge in [0.2, 0.25) is 0 Å². The van der Waals surface area contributed by atoms with Crippen LogP contribution in [-0.4, -0.2) is 15.5 Å². The summed E-state index contributed by atoms with van der Waals surface area (Å²) in [4.78, 5) is 14.7. The van der Waals surface area contributed by atoms with Crippen molar-refractivity contribution in [2.24, 2.45) is 0 Å². The third-order valence-corrected chi connectivity index (χ3v) is 4.14. The molecule has 0 fully saturated rings. The van der Waals surface area contributed by atoms with Gasteiger partial charge in [-0.05, 0) is 35.8 Å². The number of rotatable bonds is 2. The SMILES string of the molecule is O=C1c2ccccc2N[C@@H](c2csnn2)N1c1ccccc1. The van der Waals surface area contributed by atoms with E-state index in [4.69, 9.17) is 0 Å². The molecule has 0 saturated heterocycles. The van der Waals surface area contributed by atoms with E-state index in [1.165, 1.54) is 11.5 Å². The van der Waals surface area contributed by atoms with Gasteiger partial charge >= 0.3 is 0 Å². The van der Waals surface area contributed by atoms with Crippen LogP contribution in [0, 0.1) is 0 Å². The molecule has 22 heavy (non-hydrogen) atoms. The average Bonchev–Trinajstić information content (AvgIpc) is 3.10. The van der Waals surface area contributed by atoms with Gasteiger partial charge in [0.1, 0.15) is 5.69 Å². The zero-order chi connectivity index (χ0) is 14.9. The van der Waals surface area contributed by atoms with Crippen molar-refractivity contribution in [3.8, 4) is 0 Å². The van der Waals surface area contributed by atoms with Crippen LogP contribution < -0.4 is 10.2 Å². The molecule has 0 spiro atoms. The molecule has 1 aromatic heterocycles. The van der Waals surface area contributed by atoms with Crippen molar-refractivity contribution in [3.63, 3.8) is 0 Å². The number of para-hydroxylation sites is 2. The van der Waals surface area contributed by atoms with Crippen LogP contribution in [0.5, 0.6) is 0 Å². The van der Waals surface area contributed by atoms with Crippen molar-refractivity contribution in [3.05, 3.63) is 71.2 Å². The second-order valence-electron chi connectivity index (χ2n) is 4.93. The number of carbonyl (C=O) groups is 1. The van der Waals surface area contributed by atoms with E-state index in [1.54, 1.807) is 4.90 Å². The van der Waals surface area contributed by atoms with Crippen LogP contribution in [0.15, 0.2) is 60.0 Å². The number of amides is 1. The Morgan fingerprint density at radius 1 is 1.05 bits per heavy atom. The average molecular weight is 308 g/mol. The minimum Gasteiger partial charge on any atom is -0.359 e. The van der Waals surface area contributed by atoms with Gasteiger partial charge in [0.05, 0.1) is 5.56 Å². The number of fused-ring (bicyclic) bond motifs is 1. The van der Waals surface area contributed by atoms with E-state index in [-0.39, 0.29) is 12.1 Å². The van der Waals surface area contributed by atoms with Crippen LogP contribution >= 0.6 is 11.5 Å². The van der Waals surface area contributed by atoms with Crippen molar-refractivity contribution < 1.29 is 4.79 Å². The van der Waals surface area contributed by atoms with Crippen LogP contribution in [0.4, 0.5) is 11.4 Å². The third-order valence-electron chi connectivity index (χ3n) is 3.62. The second kappa shape index (κ2) is 5.23. The highest BCUT2D eigenvalue weighted by molar-refractivity contribution is 7.03. The maximum atomic E-state index is 13.0. The summed E-state index contributed by atoms with van der Waals surface area (Å²) in [5.74, 6) is -0.0430. The number of aromatic nitrogens is 2. The Morgan fingerprint density at radius 3 is 2.59 bits per heavy atom. The number of nitrogens with one attached hydrogen (secondary N) is 1. The van der Waals surface area contributed by atoms with Gasteiger partial charge < -0.3 is 5.32 Å². The van der Waals surface area contributed by atoms with E-state index < -0.39 is 0 Å². The largest absolute Gasteiger partial charge is 0.359 e. The van der Waals surface area contributed by atoms with E-state index in [0.29, 0.717) is 5.56 Å². The minimum absolute atomic E-state index is 0.0430. The summed E-state index contributed by atoms with van der Waals surface area (Å²) in [6.07, 6.45) is -0.358. The molecule has 0 saturated carbocycles. The van der Waals surface area contributed by atoms with Gasteiger partial charge in [-0.25, -0.2) is 0 Å². The Morgan fingerprint density at radius 2 is 1.82 bits per heavy atom. The lowest BCUT2D eigenvalue weighted by molar-refractivity contribution is 0.0974. The first kappa shape index (κ1) is 13.0. The molecule has 3 aromatic rings. The Hall–Kier alpha value is -2.73. The van der Waals surface area contributed by atoms with Crippen molar-refractivity contribution in [1.82, 2.24) is 9.59 Å². The summed E-state index contributed by atoms with van der Waals surface area (Å²) in [6.45, 7) is 0. The van der Waals surface area contributed by atoms with Gasteiger partial charge in [0, 0.05) is 16.8 Å². The van der Waals surface area contributed by atoms with Crippen LogP contribution in [0.1, 0.15) is 22.2 Å². The molecular formula is C16H12N4OS. The first-order chi connectivity index (χ1) is 10.8. The lowest BCUT2D eigenvalue weighted by atomic mass is 10.1. The molecule has 5 nitrogen and oxygen atoms in total. The fourth-order valence-corrected chi connectivity index (χ4v) is 3.08. The molecular weight excluding hydrogens is 296 g/mol. The zero-order valence-electron chi connectivity index (χ0n) is 11.5. The minimum atomic E-state index is -0.358. The normalized spacial score (nSPS) is 17.0. The molecule has 0 bridgehead atoms. The summed E-state index contributed by atoms with van der Waals surface area (Å²) >= 11 is 1.27. The molecule has 0 radical (unpaired) electrons. The van der Waals surface area contributed by atoms with Gasteiger partial charge in [-0.3, -0.25) is 9.69 Å². The van der Waals surface area contributed by atoms with Crippen LogP contribution in [-0.2, 0) is 0 Å². The van der Waals surface area contributed by atoms with Gasteiger partial charge in [-0.1, -0.05) is 34.8 Å². The number of nitrogens with zero attached hydrogens (tertiary/aromatic N) is 3. The Bertz CT molecular complexity index is 804. The summed E-state index contributed by atoms with van der Waals surface area (Å²) in [7, 11) is 0. The molecule has 1 aliphatic heterocycles. The molecule has 1 atom stereocenters. The predicted molar refractivity (Wildman–Crippen MR) is 86.0 cm³/mol. The highest BCUT2D eigenvalue weighted by atomic mass is 32.1. The maximum Gasteiger partial charge on any atom is 0.262 e. The zero-order valence-corrected chi connectivity index (χ0v) is 12.3. The first-order valence-corrected chi connectivity index (χ1v) is 7.69. The molecule has 2 aromatic carbocycles. The summed E-state index contributed by atoms with van der Waals surface area (Å²) in [5.41, 5.74) is 3.03. The molecule has 1 N–H and O–H groups in total. The lowest BCUT2D eigenvalue weighted by Crippen LogP contribution is -2.43. The Kier molecular flexibility index (Phi) is 3.08. The van der Waals surface area contributed by atoms with E-state index in [1.807, 2.05) is 60.0 Å². The summed E-state index contributed by atoms with van der Waals surface area (Å²) < 4.78 is 3.92. The highest BCUT2D eigenvalue weighted by Crippen LogP contribution is 2.35. The molecule has 1 amide bonds. The molecule has 4 rings (SSSR count). The molecule has 108 valence electrons. The van der Waals surface area contributed by atoms with Crippen molar-refractivity contribution in [2.75, 3.05) is 10.2 Å². The molecule has 0 aliphatic carbocycles. The third kappa shape index (κ3) is 2.05. The number of hydrogen-bond donors (Lipinski definition) is 1. The van der Waals surface area contributed by atoms with Crippen LogP contribution in [0.3, 0.4) is 0 Å². The van der Waals surface area contributed by atoms with Crippen LogP contribution in [0.25, 0.3) is 0 Å². The fraction of sp³-hybridized carbons (Fsp3) is 0.0625. The molecule has 0 unspecified atom stereocenters. The summed E-state index contributed by atoms with van der Waals surface area (Å²) in [5, 5.41) is 9.38. The second-order valence-corrected chi connectivity index (χ2v) is 5.54. The fourth-order valence-electron chi connectivity index (χ4n) is 2.61. The molecule has 6 heteroatoms. The quantitative estimate of drug-likeness (QED) is 0.789. The van der Waals surface area contributed by atoms with Gasteiger partial charge in [-0.15, -0.1) is 5.10 Å². The van der Waals surface area contributed by atoms with E-state index >= 15 is 0 Å². The standard InChI is InChI=1S/C16H12N4OS/c21-16-12-8-4-5-9-13(12)17-15(14-10-22-19-18-14)20(16)11-6-2-1-3-7-11/h1-10,15,17H/t15-/m1/s1. The topological polar surface area (TPSA) is 58.1 Å². The van der Waals surface area contributed by atoms with Crippen LogP contribution in [0.2, 0.25) is 0 Å². The molecule has 1 aliphatic rings. The monoisotopic (exact) mass is 308 g/mol. The number of carbonyl (C=O) groups excluding carboxylic acids is 1. The van der Waals surface area contributed by atoms with E-state index in [2.05, 4.69) is 14.9 Å². The molecule has 2 heterocycles.